The van der Waals surface area contributed by atoms with E-state index in [0.29, 0.717) is 18.5 Å². The number of carbonyl (C=O) groups excluding carboxylic acids is 1. The zero-order chi connectivity index (χ0) is 18.4. The molecule has 5 nitrogen and oxygen atoms in total. The van der Waals surface area contributed by atoms with Crippen molar-refractivity contribution in [1.82, 2.24) is 14.5 Å². The van der Waals surface area contributed by atoms with Crippen LogP contribution in [0.5, 0.6) is 0 Å². The van der Waals surface area contributed by atoms with Gasteiger partial charge in [-0.25, -0.2) is 0 Å². The summed E-state index contributed by atoms with van der Waals surface area (Å²) in [5.74, 6) is -0.0891. The van der Waals surface area contributed by atoms with Gasteiger partial charge in [-0.1, -0.05) is 13.0 Å². The van der Waals surface area contributed by atoms with Gasteiger partial charge in [0.1, 0.15) is 0 Å². The Morgan fingerprint density at radius 2 is 1.88 bits per heavy atom. The third-order valence-corrected chi connectivity index (χ3v) is 4.48. The molecule has 1 amide bonds. The highest BCUT2D eigenvalue weighted by Crippen LogP contribution is 2.17. The van der Waals surface area contributed by atoms with Gasteiger partial charge in [-0.3, -0.25) is 9.78 Å². The average molecular weight is 349 g/mol. The van der Waals surface area contributed by atoms with Crippen LogP contribution in [-0.2, 0) is 6.54 Å². The number of amides is 1. The number of hydrogen-bond acceptors (Lipinski definition) is 3. The normalized spacial score (nSPS) is 11.9. The Morgan fingerprint density at radius 3 is 2.46 bits per heavy atom. The van der Waals surface area contributed by atoms with Crippen LogP contribution >= 0.6 is 0 Å². The Hall–Kier alpha value is -2.92. The highest BCUT2D eigenvalue weighted by Gasteiger charge is 2.23. The molecule has 1 N–H and O–H groups in total. The van der Waals surface area contributed by atoms with Gasteiger partial charge in [-0.05, 0) is 54.4 Å². The molecule has 0 radical (unpaired) electrons. The maximum Gasteiger partial charge on any atom is 0.254 e. The molecule has 0 saturated carbocycles. The molecule has 5 heteroatoms. The average Bonchev–Trinajstić information content (AvgIpc) is 3.23. The summed E-state index contributed by atoms with van der Waals surface area (Å²) in [7, 11) is 0. The fourth-order valence-electron chi connectivity index (χ4n) is 2.95. The first-order valence-corrected chi connectivity index (χ1v) is 8.77. The van der Waals surface area contributed by atoms with Gasteiger partial charge in [0.25, 0.3) is 5.91 Å². The van der Waals surface area contributed by atoms with E-state index < -0.39 is 0 Å². The lowest BCUT2D eigenvalue weighted by molar-refractivity contribution is 0.0563. The molecule has 3 aromatic rings. The van der Waals surface area contributed by atoms with Crippen molar-refractivity contribution in [3.8, 4) is 5.69 Å². The number of aromatic nitrogens is 2. The third-order valence-electron chi connectivity index (χ3n) is 4.48. The van der Waals surface area contributed by atoms with Crippen LogP contribution in [0.1, 0.15) is 29.3 Å². The van der Waals surface area contributed by atoms with E-state index in [2.05, 4.69) is 4.98 Å². The molecule has 0 aliphatic carbocycles. The number of aliphatic hydroxyl groups excluding tert-OH is 1. The van der Waals surface area contributed by atoms with Gasteiger partial charge in [-0.15, -0.1) is 0 Å². The van der Waals surface area contributed by atoms with Crippen LogP contribution in [-0.4, -0.2) is 38.1 Å². The molecular weight excluding hydrogens is 326 g/mol. The summed E-state index contributed by atoms with van der Waals surface area (Å²) < 4.78 is 1.99. The first kappa shape index (κ1) is 17.9. The zero-order valence-corrected chi connectivity index (χ0v) is 14.8. The fraction of sp³-hybridized carbons (Fsp3) is 0.238. The van der Waals surface area contributed by atoms with Crippen LogP contribution in [0.25, 0.3) is 5.69 Å². The third kappa shape index (κ3) is 4.00. The van der Waals surface area contributed by atoms with E-state index in [1.165, 1.54) is 0 Å². The molecule has 0 aliphatic heterocycles. The van der Waals surface area contributed by atoms with E-state index in [1.54, 1.807) is 17.3 Å². The second-order valence-electron chi connectivity index (χ2n) is 6.18. The highest BCUT2D eigenvalue weighted by atomic mass is 16.3. The topological polar surface area (TPSA) is 58.4 Å². The first-order chi connectivity index (χ1) is 12.7. The summed E-state index contributed by atoms with van der Waals surface area (Å²) in [5.41, 5.74) is 2.55. The lowest BCUT2D eigenvalue weighted by Gasteiger charge is -2.30. The van der Waals surface area contributed by atoms with E-state index in [0.717, 1.165) is 11.3 Å². The molecule has 0 spiro atoms. The van der Waals surface area contributed by atoms with Crippen molar-refractivity contribution in [2.75, 3.05) is 6.61 Å². The predicted molar refractivity (Wildman–Crippen MR) is 101 cm³/mol. The molecule has 26 heavy (non-hydrogen) atoms. The predicted octanol–water partition coefficient (Wildman–Crippen LogP) is 3.29. The molecule has 134 valence electrons. The molecule has 1 atom stereocenters. The summed E-state index contributed by atoms with van der Waals surface area (Å²) in [6.07, 6.45) is 8.07. The molecule has 2 aromatic heterocycles. The molecule has 0 bridgehead atoms. The van der Waals surface area contributed by atoms with E-state index in [-0.39, 0.29) is 18.6 Å². The monoisotopic (exact) mass is 349 g/mol. The number of rotatable bonds is 7. The van der Waals surface area contributed by atoms with Crippen molar-refractivity contribution in [2.24, 2.45) is 0 Å². The lowest BCUT2D eigenvalue weighted by atomic mass is 10.1. The molecular formula is C21H23N3O2. The number of benzene rings is 1. The summed E-state index contributed by atoms with van der Waals surface area (Å²) in [4.78, 5) is 18.9. The first-order valence-electron chi connectivity index (χ1n) is 8.77. The zero-order valence-electron chi connectivity index (χ0n) is 14.8. The standard InChI is InChI=1S/C21H23N3O2/c1-2-19(16-25)24(15-17-6-5-11-22-14-17)21(26)18-7-9-20(10-8-18)23-12-3-4-13-23/h3-14,19,25H,2,15-16H2,1H3/t19-/m1/s1. The minimum atomic E-state index is -0.230. The smallest absolute Gasteiger partial charge is 0.254 e. The minimum Gasteiger partial charge on any atom is -0.394 e. The molecule has 0 fully saturated rings. The molecule has 0 aliphatic rings. The SMILES string of the molecule is CC[C@H](CO)N(Cc1cccnc1)C(=O)c1ccc(-n2cccc2)cc1. The molecule has 0 saturated heterocycles. The van der Waals surface area contributed by atoms with Gasteiger partial charge in [0.15, 0.2) is 0 Å². The Kier molecular flexibility index (Phi) is 5.81. The summed E-state index contributed by atoms with van der Waals surface area (Å²) in [5, 5.41) is 9.73. The number of carbonyl (C=O) groups is 1. The van der Waals surface area contributed by atoms with E-state index >= 15 is 0 Å². The van der Waals surface area contributed by atoms with Crippen LogP contribution in [0.3, 0.4) is 0 Å². The molecule has 0 unspecified atom stereocenters. The quantitative estimate of drug-likeness (QED) is 0.712. The Balaban J connectivity index is 1.84. The largest absolute Gasteiger partial charge is 0.394 e. The maximum absolute atomic E-state index is 13.1. The van der Waals surface area contributed by atoms with Gasteiger partial charge in [-0.2, -0.15) is 0 Å². The summed E-state index contributed by atoms with van der Waals surface area (Å²) in [6, 6.07) is 15.0. The second-order valence-corrected chi connectivity index (χ2v) is 6.18. The Morgan fingerprint density at radius 1 is 1.15 bits per heavy atom. The van der Waals surface area contributed by atoms with Crippen LogP contribution in [0.15, 0.2) is 73.3 Å². The van der Waals surface area contributed by atoms with Gasteiger partial charge in [0.05, 0.1) is 12.6 Å². The van der Waals surface area contributed by atoms with E-state index in [1.807, 2.05) is 72.4 Å². The summed E-state index contributed by atoms with van der Waals surface area (Å²) in [6.45, 7) is 2.33. The lowest BCUT2D eigenvalue weighted by Crippen LogP contribution is -2.41. The Bertz CT molecular complexity index is 810. The van der Waals surface area contributed by atoms with Crippen molar-refractivity contribution >= 4 is 5.91 Å². The number of nitrogens with zero attached hydrogens (tertiary/aromatic N) is 3. The van der Waals surface area contributed by atoms with Crippen LogP contribution in [0.4, 0.5) is 0 Å². The van der Waals surface area contributed by atoms with E-state index in [9.17, 15) is 9.90 Å². The van der Waals surface area contributed by atoms with Crippen molar-refractivity contribution < 1.29 is 9.90 Å². The number of pyridine rings is 1. The van der Waals surface area contributed by atoms with Crippen LogP contribution < -0.4 is 0 Å². The van der Waals surface area contributed by atoms with Crippen molar-refractivity contribution in [1.29, 1.82) is 0 Å². The Labute approximate surface area is 153 Å². The van der Waals surface area contributed by atoms with Crippen molar-refractivity contribution in [2.45, 2.75) is 25.9 Å². The number of aliphatic hydroxyl groups is 1. The van der Waals surface area contributed by atoms with Crippen LogP contribution in [0, 0.1) is 0 Å². The second kappa shape index (κ2) is 8.45. The van der Waals surface area contributed by atoms with Crippen molar-refractivity contribution in [3.05, 3.63) is 84.4 Å². The highest BCUT2D eigenvalue weighted by molar-refractivity contribution is 5.94. The van der Waals surface area contributed by atoms with Crippen LogP contribution in [0.2, 0.25) is 0 Å². The van der Waals surface area contributed by atoms with Gasteiger partial charge >= 0.3 is 0 Å². The van der Waals surface area contributed by atoms with E-state index in [4.69, 9.17) is 0 Å². The summed E-state index contributed by atoms with van der Waals surface area (Å²) >= 11 is 0. The maximum atomic E-state index is 13.1. The fourth-order valence-corrected chi connectivity index (χ4v) is 2.95. The van der Waals surface area contributed by atoms with Gasteiger partial charge in [0, 0.05) is 42.6 Å². The molecule has 2 heterocycles. The van der Waals surface area contributed by atoms with Gasteiger partial charge < -0.3 is 14.6 Å². The molecule has 3 rings (SSSR count). The van der Waals surface area contributed by atoms with Gasteiger partial charge in [0.2, 0.25) is 0 Å². The number of hydrogen-bond donors (Lipinski definition) is 1. The minimum absolute atomic E-state index is 0.0655. The van der Waals surface area contributed by atoms with Crippen molar-refractivity contribution in [3.63, 3.8) is 0 Å². The molecule has 1 aromatic carbocycles.